The molecule has 1 aliphatic rings. The summed E-state index contributed by atoms with van der Waals surface area (Å²) in [5.41, 5.74) is 3.96. The molecule has 0 radical (unpaired) electrons. The first-order valence-electron chi connectivity index (χ1n) is 8.38. The zero-order chi connectivity index (χ0) is 16.1. The second kappa shape index (κ2) is 7.32. The summed E-state index contributed by atoms with van der Waals surface area (Å²) < 4.78 is 0. The Morgan fingerprint density at radius 3 is 2.57 bits per heavy atom. The molecule has 0 aromatic heterocycles. The van der Waals surface area contributed by atoms with Crippen molar-refractivity contribution in [3.8, 4) is 0 Å². The third kappa shape index (κ3) is 4.13. The molecule has 0 saturated carbocycles. The molecule has 3 heteroatoms. The van der Waals surface area contributed by atoms with Gasteiger partial charge in [-0.3, -0.25) is 0 Å². The summed E-state index contributed by atoms with van der Waals surface area (Å²) in [5, 5.41) is 3.14. The number of aryl methyl sites for hydroxylation is 1. The molecule has 3 nitrogen and oxygen atoms in total. The number of amides is 2. The molecule has 120 valence electrons. The molecule has 2 aromatic carbocycles. The second-order valence-corrected chi connectivity index (χ2v) is 6.32. The molecule has 0 saturated heterocycles. The van der Waals surface area contributed by atoms with Crippen LogP contribution >= 0.6 is 0 Å². The molecular formula is C20H24N2O. The topological polar surface area (TPSA) is 32.3 Å². The van der Waals surface area contributed by atoms with Crippen molar-refractivity contribution in [2.24, 2.45) is 0 Å². The number of urea groups is 1. The number of fused-ring (bicyclic) bond motifs is 1. The van der Waals surface area contributed by atoms with E-state index in [0.717, 1.165) is 25.8 Å². The largest absolute Gasteiger partial charge is 0.336 e. The summed E-state index contributed by atoms with van der Waals surface area (Å²) in [4.78, 5) is 14.4. The standard InChI is InChI=1S/C20H24N2O/c1-16(11-12-17-7-3-2-4-8-17)21-20(23)22-14-13-18-9-5-6-10-19(18)15-22/h2-10,16H,11-15H2,1H3,(H,21,23)/t16-/m0/s1. The second-order valence-electron chi connectivity index (χ2n) is 6.32. The van der Waals surface area contributed by atoms with Crippen molar-refractivity contribution in [3.05, 3.63) is 71.3 Å². The van der Waals surface area contributed by atoms with E-state index in [4.69, 9.17) is 0 Å². The highest BCUT2D eigenvalue weighted by molar-refractivity contribution is 5.74. The number of carbonyl (C=O) groups is 1. The smallest absolute Gasteiger partial charge is 0.317 e. The van der Waals surface area contributed by atoms with Gasteiger partial charge >= 0.3 is 6.03 Å². The van der Waals surface area contributed by atoms with Crippen molar-refractivity contribution in [1.29, 1.82) is 0 Å². The van der Waals surface area contributed by atoms with Crippen LogP contribution in [0.15, 0.2) is 54.6 Å². The van der Waals surface area contributed by atoms with Crippen molar-refractivity contribution in [3.63, 3.8) is 0 Å². The van der Waals surface area contributed by atoms with Gasteiger partial charge in [0, 0.05) is 19.1 Å². The van der Waals surface area contributed by atoms with Gasteiger partial charge in [0.25, 0.3) is 0 Å². The average Bonchev–Trinajstić information content (AvgIpc) is 2.60. The van der Waals surface area contributed by atoms with Crippen molar-refractivity contribution in [1.82, 2.24) is 10.2 Å². The van der Waals surface area contributed by atoms with Gasteiger partial charge in [0.2, 0.25) is 0 Å². The van der Waals surface area contributed by atoms with Crippen molar-refractivity contribution >= 4 is 6.03 Å². The van der Waals surface area contributed by atoms with Gasteiger partial charge in [0.05, 0.1) is 0 Å². The molecule has 0 bridgehead atoms. The maximum Gasteiger partial charge on any atom is 0.317 e. The van der Waals surface area contributed by atoms with E-state index in [9.17, 15) is 4.79 Å². The molecule has 0 spiro atoms. The Bertz CT molecular complexity index is 654. The van der Waals surface area contributed by atoms with Crippen molar-refractivity contribution in [2.75, 3.05) is 6.54 Å². The molecule has 2 aromatic rings. The fraction of sp³-hybridized carbons (Fsp3) is 0.350. The summed E-state index contributed by atoms with van der Waals surface area (Å²) in [6.45, 7) is 3.60. The van der Waals surface area contributed by atoms with Gasteiger partial charge in [-0.05, 0) is 42.9 Å². The van der Waals surface area contributed by atoms with E-state index in [0.29, 0.717) is 6.54 Å². The summed E-state index contributed by atoms with van der Waals surface area (Å²) in [6, 6.07) is 19.0. The lowest BCUT2D eigenvalue weighted by molar-refractivity contribution is 0.188. The van der Waals surface area contributed by atoms with Crippen LogP contribution in [0, 0.1) is 0 Å². The maximum atomic E-state index is 12.4. The number of hydrogen-bond acceptors (Lipinski definition) is 1. The quantitative estimate of drug-likeness (QED) is 0.916. The summed E-state index contributed by atoms with van der Waals surface area (Å²) in [6.07, 6.45) is 2.90. The lowest BCUT2D eigenvalue weighted by Gasteiger charge is -2.30. The molecule has 3 rings (SSSR count). The molecule has 1 atom stereocenters. The predicted molar refractivity (Wildman–Crippen MR) is 93.3 cm³/mol. The van der Waals surface area contributed by atoms with Gasteiger partial charge in [-0.15, -0.1) is 0 Å². The summed E-state index contributed by atoms with van der Waals surface area (Å²) in [7, 11) is 0. The molecule has 1 N–H and O–H groups in total. The zero-order valence-electron chi connectivity index (χ0n) is 13.7. The van der Waals surface area contributed by atoms with Crippen molar-refractivity contribution < 1.29 is 4.79 Å². The van der Waals surface area contributed by atoms with Gasteiger partial charge in [0.15, 0.2) is 0 Å². The van der Waals surface area contributed by atoms with Crippen LogP contribution in [-0.2, 0) is 19.4 Å². The number of nitrogens with one attached hydrogen (secondary N) is 1. The van der Waals surface area contributed by atoms with Crippen LogP contribution in [0.1, 0.15) is 30.0 Å². The van der Waals surface area contributed by atoms with Gasteiger partial charge in [-0.1, -0.05) is 54.6 Å². The highest BCUT2D eigenvalue weighted by Crippen LogP contribution is 2.18. The first-order valence-corrected chi connectivity index (χ1v) is 8.38. The third-order valence-corrected chi connectivity index (χ3v) is 4.50. The molecule has 1 heterocycles. The highest BCUT2D eigenvalue weighted by atomic mass is 16.2. The lowest BCUT2D eigenvalue weighted by atomic mass is 10.0. The van der Waals surface area contributed by atoms with Crippen LogP contribution < -0.4 is 5.32 Å². The Morgan fingerprint density at radius 1 is 1.09 bits per heavy atom. The Labute approximate surface area is 138 Å². The van der Waals surface area contributed by atoms with Gasteiger partial charge in [-0.2, -0.15) is 0 Å². The Hall–Kier alpha value is -2.29. The molecule has 1 aliphatic heterocycles. The minimum atomic E-state index is 0.0556. The SMILES string of the molecule is C[C@@H](CCc1ccccc1)NC(=O)N1CCc2ccccc2C1. The predicted octanol–water partition coefficient (Wildman–Crippen LogP) is 3.78. The van der Waals surface area contributed by atoms with E-state index in [1.807, 2.05) is 17.0 Å². The Kier molecular flexibility index (Phi) is 4.96. The van der Waals surface area contributed by atoms with Gasteiger partial charge in [-0.25, -0.2) is 4.79 Å². The number of rotatable bonds is 4. The van der Waals surface area contributed by atoms with Crippen LogP contribution in [0.2, 0.25) is 0 Å². The fourth-order valence-electron chi connectivity index (χ4n) is 3.07. The number of benzene rings is 2. The maximum absolute atomic E-state index is 12.4. The monoisotopic (exact) mass is 308 g/mol. The molecule has 0 aliphatic carbocycles. The minimum Gasteiger partial charge on any atom is -0.336 e. The van der Waals surface area contributed by atoms with E-state index in [2.05, 4.69) is 54.7 Å². The number of nitrogens with zero attached hydrogens (tertiary/aromatic N) is 1. The molecule has 2 amide bonds. The van der Waals surface area contributed by atoms with E-state index < -0.39 is 0 Å². The van der Waals surface area contributed by atoms with E-state index in [1.165, 1.54) is 16.7 Å². The minimum absolute atomic E-state index is 0.0556. The lowest BCUT2D eigenvalue weighted by Crippen LogP contribution is -2.45. The van der Waals surface area contributed by atoms with Gasteiger partial charge in [0.1, 0.15) is 0 Å². The van der Waals surface area contributed by atoms with E-state index in [-0.39, 0.29) is 12.1 Å². The van der Waals surface area contributed by atoms with Crippen LogP contribution in [0.25, 0.3) is 0 Å². The van der Waals surface area contributed by atoms with Gasteiger partial charge < -0.3 is 10.2 Å². The molecule has 0 fully saturated rings. The van der Waals surface area contributed by atoms with Crippen LogP contribution in [-0.4, -0.2) is 23.5 Å². The fourth-order valence-corrected chi connectivity index (χ4v) is 3.07. The average molecular weight is 308 g/mol. The summed E-state index contributed by atoms with van der Waals surface area (Å²) in [5.74, 6) is 0. The third-order valence-electron chi connectivity index (χ3n) is 4.50. The van der Waals surface area contributed by atoms with Crippen molar-refractivity contribution in [2.45, 2.75) is 38.8 Å². The highest BCUT2D eigenvalue weighted by Gasteiger charge is 2.21. The van der Waals surface area contributed by atoms with Crippen LogP contribution in [0.5, 0.6) is 0 Å². The van der Waals surface area contributed by atoms with Crippen LogP contribution in [0.3, 0.4) is 0 Å². The normalized spacial score (nSPS) is 14.9. The zero-order valence-corrected chi connectivity index (χ0v) is 13.7. The first kappa shape index (κ1) is 15.6. The molecule has 23 heavy (non-hydrogen) atoms. The molecular weight excluding hydrogens is 284 g/mol. The van der Waals surface area contributed by atoms with E-state index >= 15 is 0 Å². The Morgan fingerprint density at radius 2 is 1.78 bits per heavy atom. The van der Waals surface area contributed by atoms with E-state index in [1.54, 1.807) is 0 Å². The molecule has 0 unspecified atom stereocenters. The first-order chi connectivity index (χ1) is 11.2. The summed E-state index contributed by atoms with van der Waals surface area (Å²) >= 11 is 0. The Balaban J connectivity index is 1.49. The number of hydrogen-bond donors (Lipinski definition) is 1. The van der Waals surface area contributed by atoms with Crippen LogP contribution in [0.4, 0.5) is 4.79 Å². The number of carbonyl (C=O) groups excluding carboxylic acids is 1.